The minimum Gasteiger partial charge on any atom is -0.452 e. The number of non-ortho nitro benzene ring substituents is 1. The van der Waals surface area contributed by atoms with Crippen molar-refractivity contribution in [3.05, 3.63) is 33.9 Å². The van der Waals surface area contributed by atoms with Crippen LogP contribution in [0.15, 0.2) is 18.2 Å². The van der Waals surface area contributed by atoms with Crippen LogP contribution in [-0.4, -0.2) is 75.7 Å². The third-order valence-electron chi connectivity index (χ3n) is 4.69. The lowest BCUT2D eigenvalue weighted by atomic mass is 10.1. The molecule has 2 saturated heterocycles. The van der Waals surface area contributed by atoms with Gasteiger partial charge in [0, 0.05) is 31.3 Å². The number of nitro groups is 1. The third-order valence-corrected chi connectivity index (χ3v) is 6.46. The smallest absolute Gasteiger partial charge is 0.341 e. The number of hydrogen-bond acceptors (Lipinski definition) is 9. The number of ether oxygens (including phenoxy) is 2. The molecule has 11 nitrogen and oxygen atoms in total. The van der Waals surface area contributed by atoms with Crippen LogP contribution in [0.2, 0.25) is 0 Å². The van der Waals surface area contributed by atoms with Crippen LogP contribution in [0.1, 0.15) is 16.8 Å². The Kier molecular flexibility index (Phi) is 6.33. The molecule has 1 aromatic rings. The summed E-state index contributed by atoms with van der Waals surface area (Å²) >= 11 is 0. The first kappa shape index (κ1) is 21.0. The molecule has 12 heteroatoms. The van der Waals surface area contributed by atoms with E-state index in [1.807, 2.05) is 4.90 Å². The molecule has 0 saturated carbocycles. The second-order valence-electron chi connectivity index (χ2n) is 6.80. The van der Waals surface area contributed by atoms with E-state index in [4.69, 9.17) is 9.47 Å². The highest BCUT2D eigenvalue weighted by Crippen LogP contribution is 2.27. The monoisotopic (exact) mass is 427 g/mol. The number of carbonyl (C=O) groups is 2. The number of benzene rings is 1. The van der Waals surface area contributed by atoms with Gasteiger partial charge < -0.3 is 19.7 Å². The van der Waals surface area contributed by atoms with E-state index in [0.29, 0.717) is 38.4 Å². The summed E-state index contributed by atoms with van der Waals surface area (Å²) < 4.78 is 33.2. The molecule has 0 aliphatic carbocycles. The normalized spacial score (nSPS) is 20.8. The zero-order valence-corrected chi connectivity index (χ0v) is 16.4. The van der Waals surface area contributed by atoms with Crippen LogP contribution in [0.3, 0.4) is 0 Å². The summed E-state index contributed by atoms with van der Waals surface area (Å²) in [5.41, 5.74) is 0.179. The molecular formula is C17H21N3O8S. The average Bonchev–Trinajstić information content (AvgIpc) is 3.04. The number of esters is 1. The van der Waals surface area contributed by atoms with Gasteiger partial charge in [-0.3, -0.25) is 14.9 Å². The van der Waals surface area contributed by atoms with Crippen molar-refractivity contribution in [1.29, 1.82) is 0 Å². The summed E-state index contributed by atoms with van der Waals surface area (Å²) in [5.74, 6) is -1.63. The van der Waals surface area contributed by atoms with Crippen molar-refractivity contribution in [3.8, 4) is 0 Å². The Morgan fingerprint density at radius 3 is 2.66 bits per heavy atom. The van der Waals surface area contributed by atoms with Crippen molar-refractivity contribution in [2.75, 3.05) is 49.3 Å². The number of hydrogen-bond donors (Lipinski definition) is 1. The van der Waals surface area contributed by atoms with Crippen molar-refractivity contribution in [1.82, 2.24) is 5.32 Å². The van der Waals surface area contributed by atoms with E-state index in [1.165, 1.54) is 12.1 Å². The van der Waals surface area contributed by atoms with E-state index >= 15 is 0 Å². The summed E-state index contributed by atoms with van der Waals surface area (Å²) in [6, 6.07) is 3.39. The van der Waals surface area contributed by atoms with Crippen LogP contribution in [0.25, 0.3) is 0 Å². The molecule has 1 aromatic carbocycles. The van der Waals surface area contributed by atoms with Crippen LogP contribution in [0.5, 0.6) is 0 Å². The topological polar surface area (TPSA) is 145 Å². The lowest BCUT2D eigenvalue weighted by molar-refractivity contribution is -0.384. The van der Waals surface area contributed by atoms with Gasteiger partial charge in [0.25, 0.3) is 11.6 Å². The van der Waals surface area contributed by atoms with Gasteiger partial charge in [-0.05, 0) is 12.5 Å². The van der Waals surface area contributed by atoms with Gasteiger partial charge in [0.15, 0.2) is 16.4 Å². The van der Waals surface area contributed by atoms with Crippen LogP contribution in [-0.2, 0) is 24.1 Å². The molecule has 158 valence electrons. The first-order valence-electron chi connectivity index (χ1n) is 9.03. The summed E-state index contributed by atoms with van der Waals surface area (Å²) in [7, 11) is -3.15. The van der Waals surface area contributed by atoms with Gasteiger partial charge in [-0.25, -0.2) is 13.2 Å². The fourth-order valence-electron chi connectivity index (χ4n) is 3.27. The molecule has 0 bridgehead atoms. The Morgan fingerprint density at radius 1 is 1.31 bits per heavy atom. The number of sulfone groups is 1. The van der Waals surface area contributed by atoms with E-state index in [0.717, 1.165) is 6.07 Å². The summed E-state index contributed by atoms with van der Waals surface area (Å²) in [4.78, 5) is 36.9. The molecule has 2 aliphatic rings. The zero-order chi connectivity index (χ0) is 21.0. The number of carbonyl (C=O) groups excluding carboxylic acids is 2. The van der Waals surface area contributed by atoms with Crippen LogP contribution in [0.4, 0.5) is 11.4 Å². The number of amides is 1. The van der Waals surface area contributed by atoms with Gasteiger partial charge in [-0.15, -0.1) is 0 Å². The molecule has 2 fully saturated rings. The molecular weight excluding hydrogens is 406 g/mol. The lowest BCUT2D eigenvalue weighted by Gasteiger charge is -2.30. The van der Waals surface area contributed by atoms with E-state index in [9.17, 15) is 28.1 Å². The zero-order valence-electron chi connectivity index (χ0n) is 15.5. The van der Waals surface area contributed by atoms with Crippen molar-refractivity contribution in [2.24, 2.45) is 0 Å². The van der Waals surface area contributed by atoms with E-state index in [2.05, 4.69) is 5.32 Å². The molecule has 0 aromatic heterocycles. The molecule has 2 heterocycles. The largest absolute Gasteiger partial charge is 0.452 e. The second kappa shape index (κ2) is 8.74. The maximum absolute atomic E-state index is 12.5. The summed E-state index contributed by atoms with van der Waals surface area (Å²) in [5, 5.41) is 13.6. The van der Waals surface area contributed by atoms with E-state index in [1.54, 1.807) is 0 Å². The second-order valence-corrected chi connectivity index (χ2v) is 9.03. The standard InChI is InChI=1S/C17H21N3O8S/c21-16(18-12-3-8-29(25,26)11-12)10-28-17(22)14-9-13(20(23)24)1-2-15(14)19-4-6-27-7-5-19/h1-2,9,12H,3-8,10-11H2,(H,18,21). The van der Waals surface area contributed by atoms with E-state index in [-0.39, 0.29) is 22.8 Å². The van der Waals surface area contributed by atoms with Gasteiger partial charge in [0.05, 0.1) is 40.9 Å². The predicted molar refractivity (Wildman–Crippen MR) is 102 cm³/mol. The van der Waals surface area contributed by atoms with Crippen LogP contribution < -0.4 is 10.2 Å². The number of morpholine rings is 1. The molecule has 1 atom stereocenters. The Morgan fingerprint density at radius 2 is 2.03 bits per heavy atom. The number of rotatable bonds is 6. The summed E-state index contributed by atoms with van der Waals surface area (Å²) in [6.45, 7) is 1.32. The number of nitro benzene ring substituents is 1. The SMILES string of the molecule is O=C(COC(=O)c1cc([N+](=O)[O-])ccc1N1CCOCC1)NC1CCS(=O)(=O)C1. The predicted octanol–water partition coefficient (Wildman–Crippen LogP) is -0.108. The highest BCUT2D eigenvalue weighted by molar-refractivity contribution is 7.91. The van der Waals surface area contributed by atoms with Gasteiger partial charge >= 0.3 is 5.97 Å². The van der Waals surface area contributed by atoms with Gasteiger partial charge in [-0.1, -0.05) is 0 Å². The highest BCUT2D eigenvalue weighted by atomic mass is 32.2. The molecule has 1 N–H and O–H groups in total. The van der Waals surface area contributed by atoms with Crippen molar-refractivity contribution in [3.63, 3.8) is 0 Å². The molecule has 1 unspecified atom stereocenters. The molecule has 2 aliphatic heterocycles. The van der Waals surface area contributed by atoms with Gasteiger partial charge in [0.2, 0.25) is 0 Å². The summed E-state index contributed by atoms with van der Waals surface area (Å²) in [6.07, 6.45) is 0.314. The molecule has 3 rings (SSSR count). The highest BCUT2D eigenvalue weighted by Gasteiger charge is 2.29. The molecule has 29 heavy (non-hydrogen) atoms. The molecule has 0 spiro atoms. The Balaban J connectivity index is 1.67. The molecule has 0 radical (unpaired) electrons. The number of anilines is 1. The van der Waals surface area contributed by atoms with Gasteiger partial charge in [-0.2, -0.15) is 0 Å². The first-order valence-corrected chi connectivity index (χ1v) is 10.9. The van der Waals surface area contributed by atoms with Crippen LogP contribution >= 0.6 is 0 Å². The van der Waals surface area contributed by atoms with Crippen molar-refractivity contribution in [2.45, 2.75) is 12.5 Å². The minimum atomic E-state index is -3.15. The molecule has 1 amide bonds. The average molecular weight is 427 g/mol. The third kappa shape index (κ3) is 5.41. The first-order chi connectivity index (χ1) is 13.7. The Hall–Kier alpha value is -2.73. The number of nitrogens with one attached hydrogen (secondary N) is 1. The van der Waals surface area contributed by atoms with Gasteiger partial charge in [0.1, 0.15) is 0 Å². The maximum atomic E-state index is 12.5. The minimum absolute atomic E-state index is 0.00826. The maximum Gasteiger partial charge on any atom is 0.341 e. The fourth-order valence-corrected chi connectivity index (χ4v) is 4.94. The Bertz CT molecular complexity index is 911. The Labute approximate surface area is 167 Å². The van der Waals surface area contributed by atoms with Crippen molar-refractivity contribution >= 4 is 33.1 Å². The van der Waals surface area contributed by atoms with Crippen molar-refractivity contribution < 1.29 is 32.4 Å². The number of nitrogens with zero attached hydrogens (tertiary/aromatic N) is 2. The fraction of sp³-hybridized carbons (Fsp3) is 0.529. The van der Waals surface area contributed by atoms with Crippen LogP contribution in [0, 0.1) is 10.1 Å². The quantitative estimate of drug-likeness (QED) is 0.373. The van der Waals surface area contributed by atoms with E-state index < -0.39 is 39.3 Å². The lowest BCUT2D eigenvalue weighted by Crippen LogP contribution is -2.39.